The number of hydrogen-bond acceptors (Lipinski definition) is 2. The molecule has 0 aliphatic carbocycles. The highest BCUT2D eigenvalue weighted by molar-refractivity contribution is 5.79. The zero-order valence-corrected chi connectivity index (χ0v) is 15.5. The molecule has 7 heteroatoms. The Hall–Kier alpha value is -1.66. The van der Waals surface area contributed by atoms with Gasteiger partial charge in [0.2, 0.25) is 5.67 Å². The van der Waals surface area contributed by atoms with E-state index >= 15 is 0 Å². The molecule has 1 aromatic carbocycles. The number of carbonyl (C=O) groups excluding carboxylic acids is 1. The van der Waals surface area contributed by atoms with Gasteiger partial charge < -0.3 is 9.90 Å². The molecule has 1 unspecified atom stereocenters. The van der Waals surface area contributed by atoms with Gasteiger partial charge in [0.25, 0.3) is 0 Å². The molecule has 0 heterocycles. The van der Waals surface area contributed by atoms with Gasteiger partial charge in [0.05, 0.1) is 5.97 Å². The molecule has 0 bridgehead atoms. The lowest BCUT2D eigenvalue weighted by Crippen LogP contribution is -2.61. The van der Waals surface area contributed by atoms with Gasteiger partial charge in [-0.25, -0.2) is 4.39 Å². The van der Waals surface area contributed by atoms with E-state index in [0.29, 0.717) is 12.8 Å². The zero-order chi connectivity index (χ0) is 20.6. The van der Waals surface area contributed by atoms with Crippen molar-refractivity contribution in [2.24, 2.45) is 0 Å². The molecule has 154 valence electrons. The maximum absolute atomic E-state index is 14.8. The molecule has 0 radical (unpaired) electrons. The molecule has 0 fully saturated rings. The summed E-state index contributed by atoms with van der Waals surface area (Å²) in [7, 11) is 0. The highest BCUT2D eigenvalue weighted by atomic mass is 19.3. The fourth-order valence-corrected chi connectivity index (χ4v) is 2.99. The number of carboxylic acid groups (broad SMARTS) is 1. The van der Waals surface area contributed by atoms with Crippen LogP contribution < -0.4 is 5.11 Å². The van der Waals surface area contributed by atoms with Crippen LogP contribution in [0.25, 0.3) is 0 Å². The fraction of sp³-hybridized carbons (Fsp3) is 0.650. The van der Waals surface area contributed by atoms with Gasteiger partial charge in [-0.15, -0.1) is 0 Å². The van der Waals surface area contributed by atoms with Crippen LogP contribution in [0, 0.1) is 0 Å². The van der Waals surface area contributed by atoms with Crippen molar-refractivity contribution in [2.75, 3.05) is 0 Å². The first kappa shape index (κ1) is 23.4. The molecule has 0 saturated carbocycles. The Kier molecular flexibility index (Phi) is 8.69. The Morgan fingerprint density at radius 3 is 1.81 bits per heavy atom. The Bertz CT molecular complexity index is 577. The number of aliphatic carboxylic acids is 1. The van der Waals surface area contributed by atoms with E-state index in [9.17, 15) is 31.9 Å². The van der Waals surface area contributed by atoms with Gasteiger partial charge in [-0.3, -0.25) is 0 Å². The topological polar surface area (TPSA) is 40.1 Å². The molecule has 0 aliphatic rings. The number of carbonyl (C=O) groups is 1. The zero-order valence-electron chi connectivity index (χ0n) is 15.5. The van der Waals surface area contributed by atoms with E-state index in [1.165, 1.54) is 6.07 Å². The van der Waals surface area contributed by atoms with Crippen LogP contribution in [0.2, 0.25) is 0 Å². The minimum Gasteiger partial charge on any atom is -0.546 e. The largest absolute Gasteiger partial charge is 0.546 e. The summed E-state index contributed by atoms with van der Waals surface area (Å²) >= 11 is 0. The minimum absolute atomic E-state index is 0.242. The lowest BCUT2D eigenvalue weighted by Gasteiger charge is -2.39. The lowest BCUT2D eigenvalue weighted by atomic mass is 9.84. The molecule has 0 aliphatic heterocycles. The van der Waals surface area contributed by atoms with Crippen LogP contribution in [-0.4, -0.2) is 17.8 Å². The standard InChI is InChI=1S/C20H27F5O2/c1-2-3-4-5-6-7-8-12-15-18(21,22)20(24,25)19(23,17(26)27)16-13-10-9-11-14-16/h9-11,13-14H,2-8,12,15H2,1H3,(H,26,27)/p-1. The number of carboxylic acids is 1. The number of hydrogen-bond donors (Lipinski definition) is 0. The van der Waals surface area contributed by atoms with Crippen molar-refractivity contribution in [2.45, 2.75) is 82.2 Å². The van der Waals surface area contributed by atoms with E-state index < -0.39 is 35.5 Å². The Labute approximate surface area is 156 Å². The summed E-state index contributed by atoms with van der Waals surface area (Å²) in [5.41, 5.74) is -5.68. The molecule has 2 nitrogen and oxygen atoms in total. The van der Waals surface area contributed by atoms with E-state index in [1.54, 1.807) is 0 Å². The second-order valence-electron chi connectivity index (χ2n) is 6.82. The van der Waals surface area contributed by atoms with Crippen molar-refractivity contribution < 1.29 is 31.9 Å². The molecule has 0 spiro atoms. The molecule has 0 saturated heterocycles. The van der Waals surface area contributed by atoms with Crippen molar-refractivity contribution >= 4 is 5.97 Å². The summed E-state index contributed by atoms with van der Waals surface area (Å²) in [5.74, 6) is -13.1. The van der Waals surface area contributed by atoms with Crippen LogP contribution in [0.1, 0.15) is 70.3 Å². The van der Waals surface area contributed by atoms with Crippen molar-refractivity contribution in [3.05, 3.63) is 35.9 Å². The van der Waals surface area contributed by atoms with E-state index in [1.807, 2.05) is 0 Å². The van der Waals surface area contributed by atoms with Crippen LogP contribution in [0.5, 0.6) is 0 Å². The van der Waals surface area contributed by atoms with Crippen molar-refractivity contribution in [3.8, 4) is 0 Å². The summed E-state index contributed by atoms with van der Waals surface area (Å²) in [6.07, 6.45) is 4.36. The van der Waals surface area contributed by atoms with E-state index in [4.69, 9.17) is 0 Å². The monoisotopic (exact) mass is 393 g/mol. The van der Waals surface area contributed by atoms with E-state index in [0.717, 1.165) is 56.4 Å². The van der Waals surface area contributed by atoms with Gasteiger partial charge >= 0.3 is 11.8 Å². The number of benzene rings is 1. The van der Waals surface area contributed by atoms with Gasteiger partial charge in [-0.05, 0) is 6.42 Å². The maximum atomic E-state index is 14.8. The quantitative estimate of drug-likeness (QED) is 0.332. The van der Waals surface area contributed by atoms with Crippen molar-refractivity contribution in [3.63, 3.8) is 0 Å². The van der Waals surface area contributed by atoms with Gasteiger partial charge in [0, 0.05) is 12.0 Å². The number of halogens is 5. The van der Waals surface area contributed by atoms with Crippen LogP contribution >= 0.6 is 0 Å². The molecule has 1 aromatic rings. The first-order chi connectivity index (χ1) is 12.6. The third kappa shape index (κ3) is 5.42. The fourth-order valence-electron chi connectivity index (χ4n) is 2.99. The number of rotatable bonds is 13. The Balaban J connectivity index is 2.76. The summed E-state index contributed by atoms with van der Waals surface area (Å²) in [6.45, 7) is 2.06. The number of unbranched alkanes of at least 4 members (excludes halogenated alkanes) is 7. The second kappa shape index (κ2) is 10.0. The molecule has 1 atom stereocenters. The third-order valence-corrected chi connectivity index (χ3v) is 4.69. The SMILES string of the molecule is CCCCCCCCCCC(F)(F)C(F)(F)C(F)(C(=O)[O-])c1ccccc1. The Morgan fingerprint density at radius 1 is 0.852 bits per heavy atom. The lowest BCUT2D eigenvalue weighted by molar-refractivity contribution is -0.352. The van der Waals surface area contributed by atoms with E-state index in [2.05, 4.69) is 6.92 Å². The highest BCUT2D eigenvalue weighted by Gasteiger charge is 2.70. The van der Waals surface area contributed by atoms with Gasteiger partial charge in [-0.2, -0.15) is 17.6 Å². The van der Waals surface area contributed by atoms with Gasteiger partial charge in [0.15, 0.2) is 0 Å². The van der Waals surface area contributed by atoms with Gasteiger partial charge in [-0.1, -0.05) is 82.2 Å². The van der Waals surface area contributed by atoms with Crippen LogP contribution in [0.4, 0.5) is 22.0 Å². The van der Waals surface area contributed by atoms with E-state index in [-0.39, 0.29) is 6.42 Å². The predicted octanol–water partition coefficient (Wildman–Crippen LogP) is 5.40. The summed E-state index contributed by atoms with van der Waals surface area (Å²) in [4.78, 5) is 11.1. The average molecular weight is 393 g/mol. The second-order valence-corrected chi connectivity index (χ2v) is 6.82. The molecule has 1 rings (SSSR count). The summed E-state index contributed by atoms with van der Waals surface area (Å²) < 4.78 is 71.8. The normalized spacial score (nSPS) is 14.7. The molecule has 27 heavy (non-hydrogen) atoms. The summed E-state index contributed by atoms with van der Waals surface area (Å²) in [5, 5.41) is 11.1. The van der Waals surface area contributed by atoms with Crippen molar-refractivity contribution in [1.82, 2.24) is 0 Å². The smallest absolute Gasteiger partial charge is 0.352 e. The van der Waals surface area contributed by atoms with Crippen LogP contribution in [0.3, 0.4) is 0 Å². The van der Waals surface area contributed by atoms with Crippen LogP contribution in [-0.2, 0) is 10.5 Å². The molecular weight excluding hydrogens is 367 g/mol. The predicted molar refractivity (Wildman–Crippen MR) is 91.4 cm³/mol. The maximum Gasteiger partial charge on any atom is 0.352 e. The third-order valence-electron chi connectivity index (χ3n) is 4.69. The minimum atomic E-state index is -5.44. The first-order valence-corrected chi connectivity index (χ1v) is 9.32. The molecule has 0 amide bonds. The average Bonchev–Trinajstić information content (AvgIpc) is 2.63. The summed E-state index contributed by atoms with van der Waals surface area (Å²) in [6, 6.07) is 4.99. The molecule has 0 N–H and O–H groups in total. The molecular formula is C20H26F5O2-. The highest BCUT2D eigenvalue weighted by Crippen LogP contribution is 2.51. The number of alkyl halides is 5. The van der Waals surface area contributed by atoms with Crippen molar-refractivity contribution in [1.29, 1.82) is 0 Å². The van der Waals surface area contributed by atoms with Gasteiger partial charge in [0.1, 0.15) is 0 Å². The first-order valence-electron chi connectivity index (χ1n) is 9.32. The van der Waals surface area contributed by atoms with Crippen LogP contribution in [0.15, 0.2) is 30.3 Å². The molecule has 0 aromatic heterocycles. The Morgan fingerprint density at radius 2 is 1.33 bits per heavy atom.